The summed E-state index contributed by atoms with van der Waals surface area (Å²) in [5, 5.41) is 12.8. The standard InChI is InChI=1S/C9H11NO/c11-9-5-6-10-8-4-2-1-3-7(8)9/h1-4,9-11H,5-6H2/t9-/m0/s1. The molecule has 1 aromatic carbocycles. The zero-order valence-electron chi connectivity index (χ0n) is 6.25. The van der Waals surface area contributed by atoms with E-state index in [-0.39, 0.29) is 6.10 Å². The average Bonchev–Trinajstić information content (AvgIpc) is 2.06. The third-order valence-corrected chi connectivity index (χ3v) is 2.05. The van der Waals surface area contributed by atoms with Crippen molar-refractivity contribution in [3.05, 3.63) is 29.8 Å². The maximum Gasteiger partial charge on any atom is 0.0826 e. The van der Waals surface area contributed by atoms with Gasteiger partial charge in [-0.1, -0.05) is 18.2 Å². The molecule has 2 rings (SSSR count). The number of aliphatic hydroxyl groups is 1. The highest BCUT2D eigenvalue weighted by Gasteiger charge is 2.15. The molecule has 0 saturated heterocycles. The number of hydrogen-bond donors (Lipinski definition) is 2. The molecule has 0 bridgehead atoms. The first-order valence-corrected chi connectivity index (χ1v) is 3.89. The van der Waals surface area contributed by atoms with Crippen molar-refractivity contribution in [1.29, 1.82) is 0 Å². The second kappa shape index (κ2) is 2.55. The molecule has 2 nitrogen and oxygen atoms in total. The van der Waals surface area contributed by atoms with Crippen LogP contribution in [0.1, 0.15) is 18.1 Å². The van der Waals surface area contributed by atoms with E-state index < -0.39 is 0 Å². The Balaban J connectivity index is 2.44. The molecular formula is C9H11NO. The van der Waals surface area contributed by atoms with Crippen LogP contribution in [0.4, 0.5) is 5.69 Å². The lowest BCUT2D eigenvalue weighted by Gasteiger charge is -2.22. The summed E-state index contributed by atoms with van der Waals surface area (Å²) < 4.78 is 0. The Morgan fingerprint density at radius 2 is 2.18 bits per heavy atom. The summed E-state index contributed by atoms with van der Waals surface area (Å²) in [6.07, 6.45) is 0.546. The van der Waals surface area contributed by atoms with E-state index in [1.165, 1.54) is 0 Å². The van der Waals surface area contributed by atoms with Crippen molar-refractivity contribution in [2.45, 2.75) is 12.5 Å². The number of aliphatic hydroxyl groups excluding tert-OH is 1. The first-order chi connectivity index (χ1) is 5.38. The van der Waals surface area contributed by atoms with E-state index in [0.717, 1.165) is 24.2 Å². The molecule has 1 aromatic rings. The number of para-hydroxylation sites is 1. The van der Waals surface area contributed by atoms with E-state index >= 15 is 0 Å². The maximum atomic E-state index is 9.52. The molecule has 1 aliphatic rings. The molecule has 0 saturated carbocycles. The predicted molar refractivity (Wildman–Crippen MR) is 44.5 cm³/mol. The van der Waals surface area contributed by atoms with Crippen LogP contribution in [-0.2, 0) is 0 Å². The van der Waals surface area contributed by atoms with Gasteiger partial charge in [-0.2, -0.15) is 0 Å². The highest BCUT2D eigenvalue weighted by Crippen LogP contribution is 2.28. The van der Waals surface area contributed by atoms with Gasteiger partial charge in [0.15, 0.2) is 0 Å². The summed E-state index contributed by atoms with van der Waals surface area (Å²) in [6.45, 7) is 0.873. The van der Waals surface area contributed by atoms with E-state index in [1.807, 2.05) is 24.3 Å². The van der Waals surface area contributed by atoms with Crippen molar-refractivity contribution in [1.82, 2.24) is 0 Å². The summed E-state index contributed by atoms with van der Waals surface area (Å²) in [5.41, 5.74) is 2.10. The van der Waals surface area contributed by atoms with Gasteiger partial charge < -0.3 is 10.4 Å². The molecule has 0 amide bonds. The van der Waals surface area contributed by atoms with Gasteiger partial charge in [-0.15, -0.1) is 0 Å². The number of nitrogens with one attached hydrogen (secondary N) is 1. The van der Waals surface area contributed by atoms with Crippen LogP contribution in [-0.4, -0.2) is 11.7 Å². The van der Waals surface area contributed by atoms with Crippen LogP contribution in [0.25, 0.3) is 0 Å². The number of rotatable bonds is 0. The van der Waals surface area contributed by atoms with Crippen LogP contribution in [0.3, 0.4) is 0 Å². The molecule has 11 heavy (non-hydrogen) atoms. The predicted octanol–water partition coefficient (Wildman–Crippen LogP) is 1.54. The zero-order valence-corrected chi connectivity index (χ0v) is 6.25. The highest BCUT2D eigenvalue weighted by atomic mass is 16.3. The quantitative estimate of drug-likeness (QED) is 0.586. The third-order valence-electron chi connectivity index (χ3n) is 2.05. The van der Waals surface area contributed by atoms with Crippen LogP contribution in [0.2, 0.25) is 0 Å². The van der Waals surface area contributed by atoms with Crippen LogP contribution in [0, 0.1) is 0 Å². The molecule has 0 aromatic heterocycles. The lowest BCUT2D eigenvalue weighted by Crippen LogP contribution is -2.15. The molecular weight excluding hydrogens is 138 g/mol. The Bertz CT molecular complexity index is 259. The lowest BCUT2D eigenvalue weighted by atomic mass is 10.0. The second-order valence-electron chi connectivity index (χ2n) is 2.82. The van der Waals surface area contributed by atoms with E-state index in [0.29, 0.717) is 0 Å². The smallest absolute Gasteiger partial charge is 0.0826 e. The van der Waals surface area contributed by atoms with Gasteiger partial charge in [0, 0.05) is 17.8 Å². The van der Waals surface area contributed by atoms with E-state index in [9.17, 15) is 5.11 Å². The average molecular weight is 149 g/mol. The summed E-state index contributed by atoms with van der Waals surface area (Å²) >= 11 is 0. The summed E-state index contributed by atoms with van der Waals surface area (Å²) in [7, 11) is 0. The molecule has 1 aliphatic heterocycles. The number of anilines is 1. The van der Waals surface area contributed by atoms with Gasteiger partial charge in [-0.3, -0.25) is 0 Å². The van der Waals surface area contributed by atoms with E-state index in [2.05, 4.69) is 5.32 Å². The topological polar surface area (TPSA) is 32.3 Å². The number of benzene rings is 1. The monoisotopic (exact) mass is 149 g/mol. The van der Waals surface area contributed by atoms with Crippen molar-refractivity contribution >= 4 is 5.69 Å². The first kappa shape index (κ1) is 6.68. The molecule has 1 atom stereocenters. The molecule has 0 radical (unpaired) electrons. The number of hydrogen-bond acceptors (Lipinski definition) is 2. The van der Waals surface area contributed by atoms with Gasteiger partial charge in [0.05, 0.1) is 6.10 Å². The molecule has 0 fully saturated rings. The SMILES string of the molecule is O[C@H]1CCNc2ccccc21. The fourth-order valence-electron chi connectivity index (χ4n) is 1.45. The normalized spacial score (nSPS) is 22.1. The maximum absolute atomic E-state index is 9.52. The molecule has 2 N–H and O–H groups in total. The van der Waals surface area contributed by atoms with Crippen molar-refractivity contribution in [2.24, 2.45) is 0 Å². The minimum absolute atomic E-state index is 0.271. The van der Waals surface area contributed by atoms with Gasteiger partial charge in [0.2, 0.25) is 0 Å². The van der Waals surface area contributed by atoms with Crippen molar-refractivity contribution < 1.29 is 5.11 Å². The molecule has 58 valence electrons. The van der Waals surface area contributed by atoms with Crippen LogP contribution < -0.4 is 5.32 Å². The Morgan fingerprint density at radius 1 is 1.36 bits per heavy atom. The largest absolute Gasteiger partial charge is 0.388 e. The van der Waals surface area contributed by atoms with Crippen molar-refractivity contribution in [2.75, 3.05) is 11.9 Å². The Kier molecular flexibility index (Phi) is 1.55. The van der Waals surface area contributed by atoms with Gasteiger partial charge >= 0.3 is 0 Å². The molecule has 2 heteroatoms. The van der Waals surface area contributed by atoms with Crippen LogP contribution in [0.15, 0.2) is 24.3 Å². The zero-order chi connectivity index (χ0) is 7.68. The second-order valence-corrected chi connectivity index (χ2v) is 2.82. The molecule has 0 unspecified atom stereocenters. The minimum Gasteiger partial charge on any atom is -0.388 e. The Hall–Kier alpha value is -1.02. The highest BCUT2D eigenvalue weighted by molar-refractivity contribution is 5.53. The molecule has 0 spiro atoms. The first-order valence-electron chi connectivity index (χ1n) is 3.89. The van der Waals surface area contributed by atoms with Gasteiger partial charge in [-0.05, 0) is 12.5 Å². The summed E-state index contributed by atoms with van der Waals surface area (Å²) in [5.74, 6) is 0. The fraction of sp³-hybridized carbons (Fsp3) is 0.333. The number of fused-ring (bicyclic) bond motifs is 1. The third kappa shape index (κ3) is 1.10. The van der Waals surface area contributed by atoms with Gasteiger partial charge in [-0.25, -0.2) is 0 Å². The Labute approximate surface area is 65.9 Å². The van der Waals surface area contributed by atoms with Gasteiger partial charge in [0.25, 0.3) is 0 Å². The molecule has 1 heterocycles. The van der Waals surface area contributed by atoms with Crippen LogP contribution in [0.5, 0.6) is 0 Å². The molecule has 0 aliphatic carbocycles. The van der Waals surface area contributed by atoms with Gasteiger partial charge in [0.1, 0.15) is 0 Å². The lowest BCUT2D eigenvalue weighted by molar-refractivity contribution is 0.168. The van der Waals surface area contributed by atoms with E-state index in [4.69, 9.17) is 0 Å². The minimum atomic E-state index is -0.271. The van der Waals surface area contributed by atoms with E-state index in [1.54, 1.807) is 0 Å². The summed E-state index contributed by atoms with van der Waals surface area (Å²) in [6, 6.07) is 7.89. The van der Waals surface area contributed by atoms with Crippen LogP contribution >= 0.6 is 0 Å². The summed E-state index contributed by atoms with van der Waals surface area (Å²) in [4.78, 5) is 0. The fourth-order valence-corrected chi connectivity index (χ4v) is 1.45. The van der Waals surface area contributed by atoms with Crippen molar-refractivity contribution in [3.63, 3.8) is 0 Å². The Morgan fingerprint density at radius 3 is 3.00 bits per heavy atom. The van der Waals surface area contributed by atoms with Crippen molar-refractivity contribution in [3.8, 4) is 0 Å².